The molecule has 0 unspecified atom stereocenters. The van der Waals surface area contributed by atoms with E-state index in [4.69, 9.17) is 21.9 Å². The quantitative estimate of drug-likeness (QED) is 0.147. The van der Waals surface area contributed by atoms with Crippen LogP contribution < -0.4 is 33.3 Å². The van der Waals surface area contributed by atoms with Crippen LogP contribution in [0.2, 0.25) is 0 Å². The highest BCUT2D eigenvalue weighted by Gasteiger charge is 2.35. The Morgan fingerprint density at radius 3 is 2.28 bits per heavy atom. The van der Waals surface area contributed by atoms with Crippen molar-refractivity contribution in [1.82, 2.24) is 15.5 Å². The normalized spacial score (nSPS) is 15.9. The highest BCUT2D eigenvalue weighted by Crippen LogP contribution is 2.29. The molecule has 0 saturated carbocycles. The zero-order valence-corrected chi connectivity index (χ0v) is 23.7. The average Bonchev–Trinajstić information content (AvgIpc) is 3.31. The summed E-state index contributed by atoms with van der Waals surface area (Å²) in [6.07, 6.45) is -4.89. The number of hydrogen-bond acceptors (Lipinski definition) is 8. The van der Waals surface area contributed by atoms with Gasteiger partial charge in [0.25, 0.3) is 0 Å². The standard InChI is InChI=1S/C28H38BF3N6O5/c30-28(31,32)19-8-5-18(6-9-19)7-11-23(27(41)36-17-24-20-3-1-2-4-21(20)29(42)43-24)37-26(40)22(35)10-12-25(39)38(15-13-33)16-14-34/h1-6,8-9,22-24,42H,7,10-17,33-35H2,(H,36,41)(H,37,40)/t22-,23+,24-/m0/s1. The molecule has 3 atom stereocenters. The minimum atomic E-state index is -4.48. The van der Waals surface area contributed by atoms with Gasteiger partial charge in [-0.15, -0.1) is 0 Å². The summed E-state index contributed by atoms with van der Waals surface area (Å²) in [6.45, 7) is 1.14. The lowest BCUT2D eigenvalue weighted by Crippen LogP contribution is -2.52. The summed E-state index contributed by atoms with van der Waals surface area (Å²) < 4.78 is 44.4. The van der Waals surface area contributed by atoms with Crippen molar-refractivity contribution in [2.75, 3.05) is 32.7 Å². The fourth-order valence-electron chi connectivity index (χ4n) is 4.77. The second kappa shape index (κ2) is 15.8. The number of alkyl halides is 3. The van der Waals surface area contributed by atoms with Gasteiger partial charge in [-0.3, -0.25) is 14.4 Å². The van der Waals surface area contributed by atoms with Crippen molar-refractivity contribution >= 4 is 30.3 Å². The molecule has 0 bridgehead atoms. The van der Waals surface area contributed by atoms with Gasteiger partial charge in [-0.2, -0.15) is 13.2 Å². The Morgan fingerprint density at radius 1 is 1.00 bits per heavy atom. The Labute approximate surface area is 248 Å². The maximum atomic E-state index is 13.2. The zero-order chi connectivity index (χ0) is 31.6. The molecule has 234 valence electrons. The second-order valence-electron chi connectivity index (χ2n) is 10.2. The fraction of sp³-hybridized carbons (Fsp3) is 0.464. The first-order valence-corrected chi connectivity index (χ1v) is 14.0. The van der Waals surface area contributed by atoms with E-state index in [9.17, 15) is 32.6 Å². The molecule has 3 rings (SSSR count). The number of nitrogens with two attached hydrogens (primary N) is 3. The van der Waals surface area contributed by atoms with Gasteiger partial charge < -0.3 is 42.4 Å². The van der Waals surface area contributed by atoms with Crippen molar-refractivity contribution in [2.45, 2.75) is 50.0 Å². The van der Waals surface area contributed by atoms with E-state index in [1.807, 2.05) is 0 Å². The molecule has 2 aromatic rings. The first-order chi connectivity index (χ1) is 20.4. The van der Waals surface area contributed by atoms with Crippen molar-refractivity contribution in [1.29, 1.82) is 0 Å². The summed E-state index contributed by atoms with van der Waals surface area (Å²) in [5, 5.41) is 15.5. The van der Waals surface area contributed by atoms with Crippen LogP contribution in [0.25, 0.3) is 0 Å². The van der Waals surface area contributed by atoms with Gasteiger partial charge in [0.2, 0.25) is 17.7 Å². The van der Waals surface area contributed by atoms with E-state index in [0.29, 0.717) is 29.7 Å². The van der Waals surface area contributed by atoms with Crippen LogP contribution in [0.5, 0.6) is 0 Å². The van der Waals surface area contributed by atoms with Gasteiger partial charge in [0.1, 0.15) is 6.04 Å². The molecule has 0 aromatic heterocycles. The summed E-state index contributed by atoms with van der Waals surface area (Å²) in [5.41, 5.74) is 18.2. The third-order valence-electron chi connectivity index (χ3n) is 7.16. The first kappa shape index (κ1) is 34.0. The van der Waals surface area contributed by atoms with Crippen LogP contribution in [0, 0.1) is 0 Å². The number of carbonyl (C=O) groups excluding carboxylic acids is 3. The lowest BCUT2D eigenvalue weighted by molar-refractivity contribution is -0.137. The number of amides is 3. The average molecular weight is 606 g/mol. The van der Waals surface area contributed by atoms with Gasteiger partial charge in [-0.25, -0.2) is 0 Å². The zero-order valence-electron chi connectivity index (χ0n) is 23.7. The van der Waals surface area contributed by atoms with Gasteiger partial charge in [-0.1, -0.05) is 36.4 Å². The molecule has 0 saturated heterocycles. The topological polar surface area (TPSA) is 186 Å². The van der Waals surface area contributed by atoms with E-state index in [2.05, 4.69) is 10.6 Å². The largest absolute Gasteiger partial charge is 0.492 e. The van der Waals surface area contributed by atoms with E-state index in [0.717, 1.165) is 12.1 Å². The van der Waals surface area contributed by atoms with Gasteiger partial charge in [-0.05, 0) is 48.0 Å². The van der Waals surface area contributed by atoms with E-state index >= 15 is 0 Å². The van der Waals surface area contributed by atoms with Crippen LogP contribution in [0.3, 0.4) is 0 Å². The number of halogens is 3. The Hall–Kier alpha value is -3.50. The van der Waals surface area contributed by atoms with Crippen molar-refractivity contribution in [3.8, 4) is 0 Å². The predicted molar refractivity (Wildman–Crippen MR) is 154 cm³/mol. The fourth-order valence-corrected chi connectivity index (χ4v) is 4.77. The molecule has 43 heavy (non-hydrogen) atoms. The Kier molecular flexibility index (Phi) is 12.5. The number of fused-ring (bicyclic) bond motifs is 1. The van der Waals surface area contributed by atoms with Gasteiger partial charge in [0, 0.05) is 39.1 Å². The van der Waals surface area contributed by atoms with E-state index in [1.165, 1.54) is 17.0 Å². The Morgan fingerprint density at radius 2 is 1.65 bits per heavy atom. The van der Waals surface area contributed by atoms with Crippen LogP contribution in [0.1, 0.15) is 42.1 Å². The molecule has 3 amide bonds. The molecule has 9 N–H and O–H groups in total. The molecule has 1 aliphatic heterocycles. The maximum Gasteiger partial charge on any atom is 0.492 e. The molecule has 0 aliphatic carbocycles. The van der Waals surface area contributed by atoms with Crippen molar-refractivity contribution in [3.63, 3.8) is 0 Å². The van der Waals surface area contributed by atoms with Crippen LogP contribution in [0.15, 0.2) is 48.5 Å². The molecule has 11 nitrogen and oxygen atoms in total. The molecule has 0 fully saturated rings. The molecule has 2 aromatic carbocycles. The molecular weight excluding hydrogens is 568 g/mol. The first-order valence-electron chi connectivity index (χ1n) is 14.0. The Balaban J connectivity index is 1.65. The smallest absolute Gasteiger partial charge is 0.423 e. The highest BCUT2D eigenvalue weighted by molar-refractivity contribution is 6.61. The third kappa shape index (κ3) is 9.76. The molecule has 1 aliphatic rings. The highest BCUT2D eigenvalue weighted by atomic mass is 19.4. The molecule has 1 heterocycles. The van der Waals surface area contributed by atoms with Crippen LogP contribution in [0.4, 0.5) is 13.2 Å². The van der Waals surface area contributed by atoms with Crippen LogP contribution >= 0.6 is 0 Å². The minimum Gasteiger partial charge on any atom is -0.423 e. The summed E-state index contributed by atoms with van der Waals surface area (Å²) in [4.78, 5) is 40.2. The number of rotatable bonds is 15. The van der Waals surface area contributed by atoms with Crippen molar-refractivity contribution in [3.05, 3.63) is 65.2 Å². The summed E-state index contributed by atoms with van der Waals surface area (Å²) in [7, 11) is -1.14. The SMILES string of the molecule is NCCN(CCN)C(=O)CC[C@H](N)C(=O)N[C@H](CCc1ccc(C(F)(F)F)cc1)C(=O)NC[C@@H]1OB(O)c2ccccc21. The van der Waals surface area contributed by atoms with E-state index in [1.54, 1.807) is 24.3 Å². The number of hydrogen-bond donors (Lipinski definition) is 6. The van der Waals surface area contributed by atoms with Gasteiger partial charge >= 0.3 is 13.3 Å². The second-order valence-corrected chi connectivity index (χ2v) is 10.2. The van der Waals surface area contributed by atoms with Gasteiger partial charge in [0.15, 0.2) is 0 Å². The Bertz CT molecular complexity index is 1230. The molecule has 0 spiro atoms. The summed E-state index contributed by atoms with van der Waals surface area (Å²) in [6, 6.07) is 9.35. The van der Waals surface area contributed by atoms with E-state index in [-0.39, 0.29) is 51.2 Å². The number of carbonyl (C=O) groups is 3. The minimum absolute atomic E-state index is 0.00175. The lowest BCUT2D eigenvalue weighted by atomic mass is 9.79. The summed E-state index contributed by atoms with van der Waals surface area (Å²) in [5.74, 6) is -1.49. The molecule has 15 heteroatoms. The predicted octanol–water partition coefficient (Wildman–Crippen LogP) is -0.448. The monoisotopic (exact) mass is 606 g/mol. The van der Waals surface area contributed by atoms with Crippen molar-refractivity contribution in [2.24, 2.45) is 17.2 Å². The number of nitrogens with one attached hydrogen (secondary N) is 2. The molecular formula is C28H38BF3N6O5. The number of nitrogens with zero attached hydrogens (tertiary/aromatic N) is 1. The summed E-state index contributed by atoms with van der Waals surface area (Å²) >= 11 is 0. The lowest BCUT2D eigenvalue weighted by Gasteiger charge is -2.23. The third-order valence-corrected chi connectivity index (χ3v) is 7.16. The van der Waals surface area contributed by atoms with Gasteiger partial charge in [0.05, 0.1) is 17.7 Å². The maximum absolute atomic E-state index is 13.2. The van der Waals surface area contributed by atoms with Crippen LogP contribution in [-0.4, -0.2) is 79.6 Å². The number of benzene rings is 2. The van der Waals surface area contributed by atoms with E-state index < -0.39 is 48.9 Å². The number of aryl methyl sites for hydroxylation is 1. The molecule has 0 radical (unpaired) electrons. The van der Waals surface area contributed by atoms with Crippen molar-refractivity contribution < 1.29 is 37.2 Å². The van der Waals surface area contributed by atoms with Crippen LogP contribution in [-0.2, 0) is 31.6 Å².